The third-order valence-electron chi connectivity index (χ3n) is 6.88. The van der Waals surface area contributed by atoms with E-state index in [1.165, 1.54) is 12.7 Å². The van der Waals surface area contributed by atoms with Crippen molar-refractivity contribution in [3.63, 3.8) is 0 Å². The van der Waals surface area contributed by atoms with Crippen molar-refractivity contribution in [1.82, 2.24) is 4.90 Å². The number of aryl methyl sites for hydroxylation is 1. The molecule has 2 atom stereocenters. The van der Waals surface area contributed by atoms with Gasteiger partial charge in [0.1, 0.15) is 0 Å². The molecular formula is C26H31NO7. The number of aliphatic carboxylic acids is 2. The topological polar surface area (TPSA) is 124 Å². The Kier molecular flexibility index (Phi) is 7.74. The van der Waals surface area contributed by atoms with Crippen LogP contribution in [0.25, 0.3) is 0 Å². The van der Waals surface area contributed by atoms with Crippen LogP contribution < -0.4 is 0 Å². The van der Waals surface area contributed by atoms with Gasteiger partial charge in [0, 0.05) is 19.6 Å². The summed E-state index contributed by atoms with van der Waals surface area (Å²) in [5, 5.41) is 25.8. The van der Waals surface area contributed by atoms with Crippen molar-refractivity contribution in [2.24, 2.45) is 5.92 Å². The fraction of sp³-hybridized carbons (Fsp3) is 0.423. The fourth-order valence-electron chi connectivity index (χ4n) is 4.76. The molecule has 1 aliphatic carbocycles. The maximum Gasteiger partial charge on any atom is 0.414 e. The number of piperidine rings is 1. The smallest absolute Gasteiger partial charge is 0.414 e. The molecule has 1 aliphatic heterocycles. The first-order valence-corrected chi connectivity index (χ1v) is 11.2. The maximum atomic E-state index is 12.6. The molecule has 8 nitrogen and oxygen atoms in total. The molecule has 1 saturated heterocycles. The van der Waals surface area contributed by atoms with Crippen LogP contribution in [0.4, 0.5) is 0 Å². The number of hydrogen-bond donors (Lipinski definition) is 3. The van der Waals surface area contributed by atoms with Gasteiger partial charge in [0.25, 0.3) is 0 Å². The molecule has 1 heterocycles. The van der Waals surface area contributed by atoms with Gasteiger partial charge in [-0.15, -0.1) is 0 Å². The van der Waals surface area contributed by atoms with E-state index in [1.807, 2.05) is 30.3 Å². The van der Waals surface area contributed by atoms with Crippen molar-refractivity contribution in [1.29, 1.82) is 0 Å². The summed E-state index contributed by atoms with van der Waals surface area (Å²) in [4.78, 5) is 33.2. The Labute approximate surface area is 198 Å². The van der Waals surface area contributed by atoms with E-state index < -0.39 is 23.0 Å². The molecule has 0 unspecified atom stereocenters. The lowest BCUT2D eigenvalue weighted by Gasteiger charge is -2.39. The molecule has 2 fully saturated rings. The van der Waals surface area contributed by atoms with Gasteiger partial charge in [-0.25, -0.2) is 9.59 Å². The first-order valence-electron chi connectivity index (χ1n) is 11.2. The van der Waals surface area contributed by atoms with Crippen molar-refractivity contribution in [3.05, 3.63) is 71.3 Å². The minimum Gasteiger partial charge on any atom is -0.473 e. The molecule has 2 aromatic rings. The van der Waals surface area contributed by atoms with Crippen LogP contribution in [0.5, 0.6) is 0 Å². The summed E-state index contributed by atoms with van der Waals surface area (Å²) in [5.41, 5.74) is 2.02. The van der Waals surface area contributed by atoms with E-state index in [4.69, 9.17) is 24.5 Å². The van der Waals surface area contributed by atoms with Crippen molar-refractivity contribution in [3.8, 4) is 0 Å². The number of likely N-dealkylation sites (tertiary alicyclic amines) is 1. The van der Waals surface area contributed by atoms with E-state index in [2.05, 4.69) is 36.1 Å². The van der Waals surface area contributed by atoms with E-state index in [0.717, 1.165) is 50.0 Å². The van der Waals surface area contributed by atoms with Gasteiger partial charge < -0.3 is 25.0 Å². The molecule has 0 amide bonds. The molecule has 34 heavy (non-hydrogen) atoms. The van der Waals surface area contributed by atoms with Crippen LogP contribution in [-0.2, 0) is 30.1 Å². The SMILES string of the molecule is COC(=O)[C@@]1(c2ccc(C)cc2)C[C@H]1CN1CCC(O)(c2ccccc2)CC1.O=C(O)C(=O)O. The number of ether oxygens (including phenoxy) is 1. The zero-order valence-electron chi connectivity index (χ0n) is 19.4. The lowest BCUT2D eigenvalue weighted by Crippen LogP contribution is -2.44. The summed E-state index contributed by atoms with van der Waals surface area (Å²) in [7, 11) is 1.48. The molecule has 8 heteroatoms. The molecule has 1 saturated carbocycles. The molecule has 2 aromatic carbocycles. The van der Waals surface area contributed by atoms with Crippen molar-refractivity contribution >= 4 is 17.9 Å². The summed E-state index contributed by atoms with van der Waals surface area (Å²) in [5.74, 6) is -3.50. The Balaban J connectivity index is 0.000000481. The van der Waals surface area contributed by atoms with E-state index >= 15 is 0 Å². The number of carbonyl (C=O) groups excluding carboxylic acids is 1. The van der Waals surface area contributed by atoms with E-state index in [-0.39, 0.29) is 11.9 Å². The summed E-state index contributed by atoms with van der Waals surface area (Å²) < 4.78 is 5.18. The predicted molar refractivity (Wildman–Crippen MR) is 124 cm³/mol. The monoisotopic (exact) mass is 469 g/mol. The minimum atomic E-state index is -1.82. The fourth-order valence-corrected chi connectivity index (χ4v) is 4.76. The average Bonchev–Trinajstić information content (AvgIpc) is 3.56. The zero-order chi connectivity index (χ0) is 24.9. The van der Waals surface area contributed by atoms with Gasteiger partial charge in [0.15, 0.2) is 0 Å². The van der Waals surface area contributed by atoms with Gasteiger partial charge in [-0.05, 0) is 43.2 Å². The average molecular weight is 470 g/mol. The Hall–Kier alpha value is -3.23. The largest absolute Gasteiger partial charge is 0.473 e. The van der Waals surface area contributed by atoms with Gasteiger partial charge in [-0.1, -0.05) is 60.2 Å². The highest BCUT2D eigenvalue weighted by Crippen LogP contribution is 2.55. The molecular weight excluding hydrogens is 438 g/mol. The van der Waals surface area contributed by atoms with Gasteiger partial charge in [0.05, 0.1) is 18.1 Å². The normalized spacial score (nSPS) is 23.2. The third-order valence-corrected chi connectivity index (χ3v) is 6.88. The first-order chi connectivity index (χ1) is 16.1. The number of esters is 1. The molecule has 4 rings (SSSR count). The lowest BCUT2D eigenvalue weighted by molar-refractivity contribution is -0.159. The van der Waals surface area contributed by atoms with Crippen LogP contribution in [0, 0.1) is 12.8 Å². The van der Waals surface area contributed by atoms with Gasteiger partial charge in [0.2, 0.25) is 0 Å². The van der Waals surface area contributed by atoms with Crippen LogP contribution in [0.1, 0.15) is 36.0 Å². The first kappa shape index (κ1) is 25.4. The molecule has 182 valence electrons. The van der Waals surface area contributed by atoms with Crippen molar-refractivity contribution in [2.45, 2.75) is 37.2 Å². The maximum absolute atomic E-state index is 12.6. The number of rotatable bonds is 5. The standard InChI is InChI=1S/C24H29NO3.C2H2O4/c1-18-8-10-20(11-9-18)24(22(26)28-2)16-21(24)17-25-14-12-23(27,13-15-25)19-6-4-3-5-7-19;3-1(4)2(5)6/h3-11,21,27H,12-17H2,1-2H3;(H,3,4)(H,5,6)/t21-,24+;/m0./s1. The van der Waals surface area contributed by atoms with Crippen LogP contribution in [0.15, 0.2) is 54.6 Å². The van der Waals surface area contributed by atoms with Gasteiger partial charge >= 0.3 is 17.9 Å². The summed E-state index contributed by atoms with van der Waals surface area (Å²) in [6.07, 6.45) is 2.28. The van der Waals surface area contributed by atoms with Gasteiger partial charge in [-0.3, -0.25) is 4.79 Å². The number of nitrogens with zero attached hydrogens (tertiary/aromatic N) is 1. The van der Waals surface area contributed by atoms with Crippen LogP contribution in [0.2, 0.25) is 0 Å². The van der Waals surface area contributed by atoms with Crippen molar-refractivity contribution < 1.29 is 34.4 Å². The number of hydrogen-bond acceptors (Lipinski definition) is 6. The van der Waals surface area contributed by atoms with Crippen LogP contribution >= 0.6 is 0 Å². The summed E-state index contributed by atoms with van der Waals surface area (Å²) >= 11 is 0. The number of methoxy groups -OCH3 is 1. The molecule has 0 bridgehead atoms. The quantitative estimate of drug-likeness (QED) is 0.451. The zero-order valence-corrected chi connectivity index (χ0v) is 19.4. The number of benzene rings is 2. The van der Waals surface area contributed by atoms with Crippen LogP contribution in [0.3, 0.4) is 0 Å². The molecule has 0 aromatic heterocycles. The summed E-state index contributed by atoms with van der Waals surface area (Å²) in [6, 6.07) is 18.2. The Morgan fingerprint density at radius 3 is 2.00 bits per heavy atom. The number of aliphatic hydroxyl groups is 1. The second-order valence-corrected chi connectivity index (χ2v) is 9.04. The number of carbonyl (C=O) groups is 3. The Bertz CT molecular complexity index is 1000. The highest BCUT2D eigenvalue weighted by atomic mass is 16.5. The molecule has 0 radical (unpaired) electrons. The highest BCUT2D eigenvalue weighted by Gasteiger charge is 2.62. The van der Waals surface area contributed by atoms with Crippen LogP contribution in [-0.4, -0.2) is 64.9 Å². The second-order valence-electron chi connectivity index (χ2n) is 9.04. The highest BCUT2D eigenvalue weighted by molar-refractivity contribution is 6.27. The Morgan fingerprint density at radius 1 is 0.941 bits per heavy atom. The molecule has 2 aliphatic rings. The minimum absolute atomic E-state index is 0.126. The summed E-state index contributed by atoms with van der Waals surface area (Å²) in [6.45, 7) is 4.61. The van der Waals surface area contributed by atoms with Gasteiger partial charge in [-0.2, -0.15) is 0 Å². The Morgan fingerprint density at radius 2 is 1.50 bits per heavy atom. The molecule has 0 spiro atoms. The predicted octanol–water partition coefficient (Wildman–Crippen LogP) is 2.56. The van der Waals surface area contributed by atoms with Crippen molar-refractivity contribution in [2.75, 3.05) is 26.7 Å². The third kappa shape index (κ3) is 5.46. The van der Waals surface area contributed by atoms with E-state index in [9.17, 15) is 9.90 Å². The van der Waals surface area contributed by atoms with E-state index in [0.29, 0.717) is 0 Å². The molecule has 3 N–H and O–H groups in total. The number of carboxylic acid groups (broad SMARTS) is 2. The number of carboxylic acids is 2. The van der Waals surface area contributed by atoms with E-state index in [1.54, 1.807) is 0 Å². The second kappa shape index (κ2) is 10.4. The lowest BCUT2D eigenvalue weighted by atomic mass is 9.84.